The predicted molar refractivity (Wildman–Crippen MR) is 135 cm³/mol. The zero-order valence-electron chi connectivity index (χ0n) is 19.9. The molecule has 1 saturated heterocycles. The van der Waals surface area contributed by atoms with Gasteiger partial charge in [0, 0.05) is 18.3 Å². The molecule has 2 atom stereocenters. The van der Waals surface area contributed by atoms with E-state index >= 15 is 0 Å². The zero-order chi connectivity index (χ0) is 25.2. The second kappa shape index (κ2) is 10.1. The van der Waals surface area contributed by atoms with E-state index in [0.29, 0.717) is 30.0 Å². The number of carbonyl (C=O) groups is 3. The summed E-state index contributed by atoms with van der Waals surface area (Å²) in [6.07, 6.45) is 0.257. The molecule has 1 fully saturated rings. The molecule has 2 aliphatic heterocycles. The summed E-state index contributed by atoms with van der Waals surface area (Å²) in [5, 5.41) is 5.69. The van der Waals surface area contributed by atoms with Crippen molar-refractivity contribution < 1.29 is 22.8 Å². The molecule has 3 amide bonds. The maximum atomic E-state index is 13.4. The summed E-state index contributed by atoms with van der Waals surface area (Å²) in [5.74, 6) is -0.971. The Morgan fingerprint density at radius 3 is 2.54 bits per heavy atom. The van der Waals surface area contributed by atoms with E-state index < -0.39 is 15.9 Å². The first-order valence-electron chi connectivity index (χ1n) is 11.7. The van der Waals surface area contributed by atoms with Gasteiger partial charge in [-0.2, -0.15) is 0 Å². The van der Waals surface area contributed by atoms with Crippen LogP contribution in [0.3, 0.4) is 0 Å². The molecular weight excluding hydrogens is 468 g/mol. The van der Waals surface area contributed by atoms with Crippen LogP contribution in [-0.2, 0) is 24.2 Å². The Morgan fingerprint density at radius 2 is 1.86 bits per heavy atom. The fourth-order valence-corrected chi connectivity index (χ4v) is 6.47. The molecule has 2 aromatic carbocycles. The van der Waals surface area contributed by atoms with Crippen LogP contribution >= 0.6 is 0 Å². The number of amides is 3. The van der Waals surface area contributed by atoms with Gasteiger partial charge >= 0.3 is 0 Å². The average Bonchev–Trinajstić information content (AvgIpc) is 3.17. The van der Waals surface area contributed by atoms with Gasteiger partial charge in [0.2, 0.25) is 17.7 Å². The molecule has 10 heteroatoms. The number of fused-ring (bicyclic) bond motifs is 1. The monoisotopic (exact) mass is 498 g/mol. The summed E-state index contributed by atoms with van der Waals surface area (Å²) in [5.41, 5.74) is 2.77. The average molecular weight is 499 g/mol. The van der Waals surface area contributed by atoms with Gasteiger partial charge in [-0.05, 0) is 44.0 Å². The number of benzene rings is 2. The molecule has 0 spiro atoms. The third-order valence-corrected chi connectivity index (χ3v) is 8.31. The summed E-state index contributed by atoms with van der Waals surface area (Å²) >= 11 is 0. The van der Waals surface area contributed by atoms with Crippen molar-refractivity contribution in [3.05, 3.63) is 54.1 Å². The third-order valence-electron chi connectivity index (χ3n) is 6.56. The second-order valence-corrected chi connectivity index (χ2v) is 11.2. The number of hydrogen-bond donors (Lipinski definition) is 2. The first kappa shape index (κ1) is 24.7. The van der Waals surface area contributed by atoms with Crippen LogP contribution in [0.1, 0.15) is 25.3 Å². The number of sulfone groups is 1. The molecular formula is C25H30N4O5S. The number of likely N-dealkylation sites (N-methyl/N-ethyl adjacent to an activating group) is 1. The fourth-order valence-electron chi connectivity index (χ4n) is 4.74. The van der Waals surface area contributed by atoms with Crippen LogP contribution < -0.4 is 15.5 Å². The van der Waals surface area contributed by atoms with Crippen molar-refractivity contribution in [1.29, 1.82) is 0 Å². The first-order valence-corrected chi connectivity index (χ1v) is 13.5. The molecule has 0 unspecified atom stereocenters. The maximum absolute atomic E-state index is 13.4. The molecule has 186 valence electrons. The highest BCUT2D eigenvalue weighted by molar-refractivity contribution is 7.91. The smallest absolute Gasteiger partial charge is 0.247 e. The number of aryl methyl sites for hydroxylation is 1. The van der Waals surface area contributed by atoms with E-state index in [1.165, 1.54) is 0 Å². The largest absolute Gasteiger partial charge is 0.348 e. The second-order valence-electron chi connectivity index (χ2n) is 8.95. The fraction of sp³-hybridized carbons (Fsp3) is 0.400. The lowest BCUT2D eigenvalue weighted by Crippen LogP contribution is -2.54. The van der Waals surface area contributed by atoms with E-state index in [-0.39, 0.29) is 48.2 Å². The molecule has 4 rings (SSSR count). The van der Waals surface area contributed by atoms with Gasteiger partial charge < -0.3 is 20.4 Å². The van der Waals surface area contributed by atoms with Crippen molar-refractivity contribution in [2.75, 3.05) is 40.1 Å². The molecule has 35 heavy (non-hydrogen) atoms. The van der Waals surface area contributed by atoms with Crippen LogP contribution in [0.5, 0.6) is 0 Å². The highest BCUT2D eigenvalue weighted by atomic mass is 32.2. The van der Waals surface area contributed by atoms with Gasteiger partial charge in [-0.1, -0.05) is 30.3 Å². The minimum atomic E-state index is -3.16. The number of rotatable bonds is 7. The van der Waals surface area contributed by atoms with Gasteiger partial charge in [-0.15, -0.1) is 0 Å². The van der Waals surface area contributed by atoms with E-state index in [1.54, 1.807) is 40.1 Å². The third kappa shape index (κ3) is 5.48. The lowest BCUT2D eigenvalue weighted by atomic mass is 10.0. The number of hydrogen-bond acceptors (Lipinski definition) is 6. The maximum Gasteiger partial charge on any atom is 0.247 e. The quantitative estimate of drug-likeness (QED) is 0.605. The molecule has 0 saturated carbocycles. The summed E-state index contributed by atoms with van der Waals surface area (Å²) in [6.45, 7) is 3.91. The normalized spacial score (nSPS) is 20.6. The Morgan fingerprint density at radius 1 is 1.14 bits per heavy atom. The summed E-state index contributed by atoms with van der Waals surface area (Å²) in [4.78, 5) is 42.6. The first-order chi connectivity index (χ1) is 16.7. The molecule has 0 aliphatic carbocycles. The van der Waals surface area contributed by atoms with E-state index in [1.807, 2.05) is 32.0 Å². The van der Waals surface area contributed by atoms with Gasteiger partial charge in [-0.25, -0.2) is 8.42 Å². The summed E-state index contributed by atoms with van der Waals surface area (Å²) in [6, 6.07) is 13.2. The van der Waals surface area contributed by atoms with E-state index in [2.05, 4.69) is 10.6 Å². The lowest BCUT2D eigenvalue weighted by Gasteiger charge is -2.39. The highest BCUT2D eigenvalue weighted by Gasteiger charge is 2.38. The number of anilines is 3. The molecule has 0 aromatic heterocycles. The van der Waals surface area contributed by atoms with Crippen molar-refractivity contribution in [3.63, 3.8) is 0 Å². The number of carbonyl (C=O) groups excluding carboxylic acids is 3. The van der Waals surface area contributed by atoms with Gasteiger partial charge in [-0.3, -0.25) is 14.4 Å². The topological polar surface area (TPSA) is 116 Å². The molecule has 2 aliphatic rings. The lowest BCUT2D eigenvalue weighted by molar-refractivity contribution is -0.131. The van der Waals surface area contributed by atoms with E-state index in [4.69, 9.17) is 0 Å². The van der Waals surface area contributed by atoms with Crippen molar-refractivity contribution in [2.24, 2.45) is 0 Å². The Bertz CT molecular complexity index is 1250. The standard InChI is InChI=1S/C25H30N4O5S/c1-3-28(18-12-13-35(33,34)16-18)24(31)15-29-21-11-7-6-10-20(21)27-25(32)22(29)14-23(30)26-19-9-5-4-8-17(19)2/h4-11,18,22H,3,12-16H2,1-2H3,(H,26,30)(H,27,32)/t18-,22+/m1/s1. The molecule has 2 N–H and O–H groups in total. The van der Waals surface area contributed by atoms with E-state index in [0.717, 1.165) is 5.56 Å². The Hall–Kier alpha value is -3.40. The summed E-state index contributed by atoms with van der Waals surface area (Å²) < 4.78 is 24.0. The van der Waals surface area contributed by atoms with Crippen LogP contribution in [0.4, 0.5) is 17.1 Å². The van der Waals surface area contributed by atoms with Gasteiger partial charge in [0.15, 0.2) is 9.84 Å². The molecule has 0 radical (unpaired) electrons. The zero-order valence-corrected chi connectivity index (χ0v) is 20.7. The number of nitrogens with zero attached hydrogens (tertiary/aromatic N) is 2. The predicted octanol–water partition coefficient (Wildman–Crippen LogP) is 2.19. The van der Waals surface area contributed by atoms with Crippen LogP contribution in [0.2, 0.25) is 0 Å². The Balaban J connectivity index is 1.57. The Kier molecular flexibility index (Phi) is 7.11. The van der Waals surface area contributed by atoms with E-state index in [9.17, 15) is 22.8 Å². The van der Waals surface area contributed by atoms with Crippen LogP contribution in [-0.4, -0.2) is 67.7 Å². The van der Waals surface area contributed by atoms with Crippen molar-refractivity contribution in [2.45, 2.75) is 38.8 Å². The van der Waals surface area contributed by atoms with Crippen LogP contribution in [0, 0.1) is 6.92 Å². The van der Waals surface area contributed by atoms with Gasteiger partial charge in [0.25, 0.3) is 0 Å². The SMILES string of the molecule is CCN(C(=O)CN1c2ccccc2NC(=O)[C@@H]1CC(=O)Nc1ccccc1C)[C@@H]1CCS(=O)(=O)C1. The number of nitrogens with one attached hydrogen (secondary N) is 2. The molecule has 2 heterocycles. The summed E-state index contributed by atoms with van der Waals surface area (Å²) in [7, 11) is -3.16. The minimum Gasteiger partial charge on any atom is -0.348 e. The van der Waals surface area contributed by atoms with Gasteiger partial charge in [0.05, 0.1) is 35.8 Å². The molecule has 0 bridgehead atoms. The van der Waals surface area contributed by atoms with Crippen molar-refractivity contribution in [1.82, 2.24) is 4.90 Å². The molecule has 2 aromatic rings. The van der Waals surface area contributed by atoms with Crippen LogP contribution in [0.25, 0.3) is 0 Å². The highest BCUT2D eigenvalue weighted by Crippen LogP contribution is 2.33. The van der Waals surface area contributed by atoms with Crippen LogP contribution in [0.15, 0.2) is 48.5 Å². The van der Waals surface area contributed by atoms with Gasteiger partial charge in [0.1, 0.15) is 6.04 Å². The Labute approximate surface area is 205 Å². The van der Waals surface area contributed by atoms with Crippen molar-refractivity contribution in [3.8, 4) is 0 Å². The minimum absolute atomic E-state index is 0.0497. The van der Waals surface area contributed by atoms with Crippen molar-refractivity contribution >= 4 is 44.6 Å². The number of para-hydroxylation sites is 3. The molecule has 9 nitrogen and oxygen atoms in total.